The molecule has 0 saturated heterocycles. The van der Waals surface area contributed by atoms with E-state index in [9.17, 15) is 19.0 Å². The van der Waals surface area contributed by atoms with E-state index in [-0.39, 0.29) is 32.0 Å². The molecule has 0 spiro atoms. The summed E-state index contributed by atoms with van der Waals surface area (Å²) in [5.74, 6) is -0.808. The van der Waals surface area contributed by atoms with Crippen molar-refractivity contribution in [2.75, 3.05) is 47.5 Å². The first-order valence-corrected chi connectivity index (χ1v) is 39.2. The van der Waals surface area contributed by atoms with Gasteiger partial charge in [-0.3, -0.25) is 14.2 Å². The maximum atomic E-state index is 12.9. The molecule has 0 rings (SSSR count). The van der Waals surface area contributed by atoms with Crippen LogP contribution >= 0.6 is 7.82 Å². The molecule has 508 valence electrons. The SMILES string of the molecule is CCCCCCC/C=C\C/C=C\C/C=C\CCCCCCCCCCCCCCCCCCCCCCCCCCCCC(=O)OC(COC(=O)CCCCCCCCCCCCCCCCCCCCCCC)COP(=O)([O-])OCC[N+](C)(C)C. The number of quaternary nitrogens is 1. The molecule has 86 heavy (non-hydrogen) atoms. The van der Waals surface area contributed by atoms with Gasteiger partial charge in [-0.1, -0.05) is 359 Å². The molecule has 2 unspecified atom stereocenters. The van der Waals surface area contributed by atoms with Crippen molar-refractivity contribution >= 4 is 19.8 Å². The van der Waals surface area contributed by atoms with E-state index in [0.29, 0.717) is 17.4 Å². The second-order valence-electron chi connectivity index (χ2n) is 27.0. The Hall–Kier alpha value is -1.77. The second-order valence-corrected chi connectivity index (χ2v) is 28.4. The summed E-state index contributed by atoms with van der Waals surface area (Å²) in [4.78, 5) is 38.1. The Morgan fingerprint density at radius 1 is 0.360 bits per heavy atom. The smallest absolute Gasteiger partial charge is 0.306 e. The third-order valence-electron chi connectivity index (χ3n) is 17.2. The van der Waals surface area contributed by atoms with Gasteiger partial charge in [-0.2, -0.15) is 0 Å². The highest BCUT2D eigenvalue weighted by molar-refractivity contribution is 7.45. The van der Waals surface area contributed by atoms with Gasteiger partial charge in [-0.05, 0) is 51.4 Å². The first-order chi connectivity index (χ1) is 42.0. The molecule has 0 aromatic heterocycles. The molecule has 10 heteroatoms. The van der Waals surface area contributed by atoms with Gasteiger partial charge in [-0.15, -0.1) is 0 Å². The fraction of sp³-hybridized carbons (Fsp3) is 0.895. The van der Waals surface area contributed by atoms with Crippen LogP contribution in [-0.4, -0.2) is 70.0 Å². The van der Waals surface area contributed by atoms with Crippen molar-refractivity contribution in [2.24, 2.45) is 0 Å². The number of carbonyl (C=O) groups excluding carboxylic acids is 2. The fourth-order valence-corrected chi connectivity index (χ4v) is 12.1. The van der Waals surface area contributed by atoms with E-state index in [1.807, 2.05) is 21.1 Å². The molecule has 0 aliphatic heterocycles. The topological polar surface area (TPSA) is 111 Å². The van der Waals surface area contributed by atoms with Gasteiger partial charge in [0.05, 0.1) is 27.7 Å². The highest BCUT2D eigenvalue weighted by Crippen LogP contribution is 2.38. The van der Waals surface area contributed by atoms with Gasteiger partial charge in [0.25, 0.3) is 7.82 Å². The maximum Gasteiger partial charge on any atom is 0.306 e. The largest absolute Gasteiger partial charge is 0.756 e. The van der Waals surface area contributed by atoms with Crippen molar-refractivity contribution in [3.8, 4) is 0 Å². The van der Waals surface area contributed by atoms with E-state index in [0.717, 1.165) is 44.9 Å². The Kier molecular flexibility index (Phi) is 66.2. The van der Waals surface area contributed by atoms with E-state index in [2.05, 4.69) is 50.3 Å². The van der Waals surface area contributed by atoms with Gasteiger partial charge in [-0.25, -0.2) is 0 Å². The average Bonchev–Trinajstić information content (AvgIpc) is 3.70. The standard InChI is InChI=1S/C76H146NO8P/c1-6-8-10-12-14-16-18-20-22-24-26-28-29-30-31-32-33-34-35-36-37-38-39-40-41-42-43-44-45-46-47-49-51-53-55-57-59-61-63-65-67-69-76(79)85-74(73-84-86(80,81)83-71-70-77(3,4)5)72-82-75(78)68-66-64-62-60-58-56-54-52-50-48-27-25-23-21-19-17-15-13-11-9-7-2/h18,20,24,26,29-30,74H,6-17,19,21-23,25,27-28,31-73H2,1-5H3/b20-18-,26-24-,30-29-. The van der Waals surface area contributed by atoms with Crippen molar-refractivity contribution in [3.63, 3.8) is 0 Å². The minimum atomic E-state index is -4.64. The van der Waals surface area contributed by atoms with Crippen molar-refractivity contribution < 1.29 is 42.1 Å². The van der Waals surface area contributed by atoms with Crippen molar-refractivity contribution in [2.45, 2.75) is 392 Å². The fourth-order valence-electron chi connectivity index (χ4n) is 11.4. The predicted octanol–water partition coefficient (Wildman–Crippen LogP) is 24.0. The zero-order chi connectivity index (χ0) is 62.6. The third-order valence-corrected chi connectivity index (χ3v) is 18.1. The lowest BCUT2D eigenvalue weighted by Gasteiger charge is -2.28. The number of unbranched alkanes of at least 4 members (excludes halogenated alkanes) is 51. The van der Waals surface area contributed by atoms with Crippen molar-refractivity contribution in [1.29, 1.82) is 0 Å². The Morgan fingerprint density at radius 3 is 0.930 bits per heavy atom. The van der Waals surface area contributed by atoms with Crippen LogP contribution in [0.5, 0.6) is 0 Å². The summed E-state index contributed by atoms with van der Waals surface area (Å²) in [6.07, 6.45) is 86.9. The molecule has 0 bridgehead atoms. The van der Waals surface area contributed by atoms with Gasteiger partial charge < -0.3 is 27.9 Å². The molecule has 0 aliphatic rings. The molecular weight excluding hydrogens is 1090 g/mol. The zero-order valence-electron chi connectivity index (χ0n) is 58.0. The van der Waals surface area contributed by atoms with Crippen LogP contribution in [0, 0.1) is 0 Å². The van der Waals surface area contributed by atoms with Crippen LogP contribution < -0.4 is 4.89 Å². The number of esters is 2. The van der Waals surface area contributed by atoms with Crippen LogP contribution in [-0.2, 0) is 32.7 Å². The van der Waals surface area contributed by atoms with Gasteiger partial charge in [0, 0.05) is 12.8 Å². The number of likely N-dealkylation sites (N-methyl/N-ethyl adjacent to an activating group) is 1. The molecule has 9 nitrogen and oxygen atoms in total. The summed E-state index contributed by atoms with van der Waals surface area (Å²) >= 11 is 0. The molecular formula is C76H146NO8P. The lowest BCUT2D eigenvalue weighted by Crippen LogP contribution is -2.37. The summed E-state index contributed by atoms with van der Waals surface area (Å²) < 4.78 is 34.4. The van der Waals surface area contributed by atoms with E-state index < -0.39 is 26.5 Å². The summed E-state index contributed by atoms with van der Waals surface area (Å²) in [5.41, 5.74) is 0. The van der Waals surface area contributed by atoms with E-state index in [4.69, 9.17) is 18.5 Å². The summed E-state index contributed by atoms with van der Waals surface area (Å²) in [7, 11) is 1.19. The molecule has 0 N–H and O–H groups in total. The third kappa shape index (κ3) is 71.3. The molecule has 0 saturated carbocycles. The van der Waals surface area contributed by atoms with Gasteiger partial charge in [0.15, 0.2) is 6.10 Å². The van der Waals surface area contributed by atoms with Crippen molar-refractivity contribution in [3.05, 3.63) is 36.5 Å². The molecule has 0 radical (unpaired) electrons. The van der Waals surface area contributed by atoms with Gasteiger partial charge in [0.1, 0.15) is 19.8 Å². The zero-order valence-corrected chi connectivity index (χ0v) is 58.9. The highest BCUT2D eigenvalue weighted by Gasteiger charge is 2.22. The Balaban J connectivity index is 3.88. The molecule has 0 aromatic carbocycles. The van der Waals surface area contributed by atoms with Gasteiger partial charge in [0.2, 0.25) is 0 Å². The number of nitrogens with zero attached hydrogens (tertiary/aromatic N) is 1. The normalized spacial score (nSPS) is 13.2. The van der Waals surface area contributed by atoms with Crippen LogP contribution in [0.1, 0.15) is 386 Å². The van der Waals surface area contributed by atoms with Crippen LogP contribution in [0.15, 0.2) is 36.5 Å². The summed E-state index contributed by atoms with van der Waals surface area (Å²) in [5, 5.41) is 0. The number of hydrogen-bond acceptors (Lipinski definition) is 8. The summed E-state index contributed by atoms with van der Waals surface area (Å²) in [6.45, 7) is 4.31. The Labute approximate surface area is 535 Å². The number of phosphoric ester groups is 1. The number of hydrogen-bond donors (Lipinski definition) is 0. The minimum absolute atomic E-state index is 0.0266. The number of carbonyl (C=O) groups is 2. The highest BCUT2D eigenvalue weighted by atomic mass is 31.2. The lowest BCUT2D eigenvalue weighted by atomic mass is 10.0. The number of ether oxygens (including phenoxy) is 2. The van der Waals surface area contributed by atoms with Crippen LogP contribution in [0.4, 0.5) is 0 Å². The molecule has 2 atom stereocenters. The molecule has 0 fully saturated rings. The maximum absolute atomic E-state index is 12.9. The number of phosphoric acid groups is 1. The molecule has 0 amide bonds. The van der Waals surface area contributed by atoms with E-state index in [1.54, 1.807) is 0 Å². The average molecular weight is 1230 g/mol. The Bertz CT molecular complexity index is 1540. The predicted molar refractivity (Wildman–Crippen MR) is 370 cm³/mol. The number of rotatable bonds is 71. The van der Waals surface area contributed by atoms with Crippen molar-refractivity contribution in [1.82, 2.24) is 0 Å². The number of allylic oxidation sites excluding steroid dienone is 6. The monoisotopic (exact) mass is 1230 g/mol. The van der Waals surface area contributed by atoms with E-state index >= 15 is 0 Å². The van der Waals surface area contributed by atoms with Crippen LogP contribution in [0.3, 0.4) is 0 Å². The molecule has 0 aliphatic carbocycles. The Morgan fingerprint density at radius 2 is 0.628 bits per heavy atom. The summed E-state index contributed by atoms with van der Waals surface area (Å²) in [6, 6.07) is 0. The minimum Gasteiger partial charge on any atom is -0.756 e. The quantitative estimate of drug-likeness (QED) is 0.0195. The molecule has 0 heterocycles. The van der Waals surface area contributed by atoms with Crippen LogP contribution in [0.25, 0.3) is 0 Å². The van der Waals surface area contributed by atoms with Gasteiger partial charge >= 0.3 is 11.9 Å². The first kappa shape index (κ1) is 84.2. The van der Waals surface area contributed by atoms with Crippen LogP contribution in [0.2, 0.25) is 0 Å². The second kappa shape index (κ2) is 67.6. The lowest BCUT2D eigenvalue weighted by molar-refractivity contribution is -0.870. The van der Waals surface area contributed by atoms with E-state index in [1.165, 1.54) is 308 Å². The molecule has 0 aromatic rings. The first-order valence-electron chi connectivity index (χ1n) is 37.7.